The number of hydrogen-bond donors (Lipinski definition) is 1. The van der Waals surface area contributed by atoms with E-state index in [1.54, 1.807) is 0 Å². The zero-order valence-electron chi connectivity index (χ0n) is 15.0. The van der Waals surface area contributed by atoms with Gasteiger partial charge in [0.15, 0.2) is 0 Å². The summed E-state index contributed by atoms with van der Waals surface area (Å²) in [7, 11) is 0. The highest BCUT2D eigenvalue weighted by atomic mass is 32.2. The molecule has 2 aliphatic rings. The summed E-state index contributed by atoms with van der Waals surface area (Å²) < 4.78 is 22.2. The van der Waals surface area contributed by atoms with E-state index in [-0.39, 0.29) is 16.9 Å². The number of thioether (sulfide) groups is 1. The fourth-order valence-electron chi connectivity index (χ4n) is 3.04. The molecule has 2 unspecified atom stereocenters. The lowest BCUT2D eigenvalue weighted by Crippen LogP contribution is -2.53. The molecule has 5 atom stereocenters. The van der Waals surface area contributed by atoms with Gasteiger partial charge in [0.05, 0.1) is 12.1 Å². The molecule has 5 heteroatoms. The largest absolute Gasteiger partial charge is 0.598 e. The van der Waals surface area contributed by atoms with Crippen LogP contribution in [0.5, 0.6) is 0 Å². The Balaban J connectivity index is 2.13. The van der Waals surface area contributed by atoms with Crippen LogP contribution in [-0.4, -0.2) is 32.6 Å². The lowest BCUT2D eigenvalue weighted by molar-refractivity contribution is -0.0275. The maximum Gasteiger partial charge on any atom is 0.136 e. The summed E-state index contributed by atoms with van der Waals surface area (Å²) in [5.74, 6) is 1.52. The summed E-state index contributed by atoms with van der Waals surface area (Å²) in [4.78, 5) is 0. The Morgan fingerprint density at radius 2 is 2.00 bits per heavy atom. The predicted octanol–water partition coefficient (Wildman–Crippen LogP) is 4.41. The van der Waals surface area contributed by atoms with Crippen molar-refractivity contribution in [1.29, 1.82) is 0 Å². The van der Waals surface area contributed by atoms with Crippen molar-refractivity contribution in [3.05, 3.63) is 12.2 Å². The molecule has 0 aromatic rings. The number of allylic oxidation sites excluding steroid dienone is 1. The normalized spacial score (nSPS) is 36.6. The molecule has 0 aliphatic carbocycles. The molecule has 134 valence electrons. The molecule has 0 amide bonds. The topological polar surface area (TPSA) is 44.3 Å². The number of ether oxygens (including phenoxy) is 1. The molecule has 0 radical (unpaired) electrons. The van der Waals surface area contributed by atoms with Gasteiger partial charge in [0.25, 0.3) is 0 Å². The Bertz CT molecular complexity index is 384. The minimum absolute atomic E-state index is 0.120. The van der Waals surface area contributed by atoms with E-state index in [9.17, 15) is 4.55 Å². The summed E-state index contributed by atoms with van der Waals surface area (Å²) in [5, 5.41) is 0. The Kier molecular flexibility index (Phi) is 7.80. The minimum Gasteiger partial charge on any atom is -0.598 e. The van der Waals surface area contributed by atoms with Crippen LogP contribution in [-0.2, 0) is 16.1 Å². The lowest BCUT2D eigenvalue weighted by atomic mass is 9.92. The van der Waals surface area contributed by atoms with Crippen LogP contribution in [0.25, 0.3) is 0 Å². The van der Waals surface area contributed by atoms with Crippen LogP contribution in [0.4, 0.5) is 0 Å². The van der Waals surface area contributed by atoms with Crippen LogP contribution < -0.4 is 4.72 Å². The van der Waals surface area contributed by atoms with Crippen molar-refractivity contribution in [1.82, 2.24) is 4.72 Å². The van der Waals surface area contributed by atoms with Gasteiger partial charge >= 0.3 is 0 Å². The molecule has 1 saturated heterocycles. The Hall–Kier alpha value is 0.320. The highest BCUT2D eigenvalue weighted by Crippen LogP contribution is 2.32. The van der Waals surface area contributed by atoms with E-state index in [1.807, 2.05) is 32.5 Å². The third-order valence-corrected chi connectivity index (χ3v) is 7.37. The van der Waals surface area contributed by atoms with Gasteiger partial charge in [-0.15, -0.1) is 16.5 Å². The summed E-state index contributed by atoms with van der Waals surface area (Å²) in [5.41, 5.74) is 0.316. The molecule has 0 aromatic carbocycles. The highest BCUT2D eigenvalue weighted by molar-refractivity contribution is 7.99. The summed E-state index contributed by atoms with van der Waals surface area (Å²) in [6.07, 6.45) is 11.8. The Morgan fingerprint density at radius 3 is 2.74 bits per heavy atom. The van der Waals surface area contributed by atoms with Crippen LogP contribution in [0, 0.1) is 5.92 Å². The average Bonchev–Trinajstić information content (AvgIpc) is 2.49. The second-order valence-corrected chi connectivity index (χ2v) is 11.0. The highest BCUT2D eigenvalue weighted by Gasteiger charge is 2.37. The quantitative estimate of drug-likeness (QED) is 0.586. The first-order valence-electron chi connectivity index (χ1n) is 8.99. The Labute approximate surface area is 149 Å². The maximum absolute atomic E-state index is 12.6. The van der Waals surface area contributed by atoms with Crippen molar-refractivity contribution < 1.29 is 9.29 Å². The van der Waals surface area contributed by atoms with Gasteiger partial charge in [0.2, 0.25) is 0 Å². The molecule has 0 spiro atoms. The van der Waals surface area contributed by atoms with E-state index in [1.165, 1.54) is 25.0 Å². The maximum atomic E-state index is 12.6. The molecule has 3 nitrogen and oxygen atoms in total. The smallest absolute Gasteiger partial charge is 0.136 e. The fourth-order valence-corrected chi connectivity index (χ4v) is 5.19. The molecular weight excluding hydrogens is 326 g/mol. The van der Waals surface area contributed by atoms with E-state index in [4.69, 9.17) is 4.74 Å². The predicted molar refractivity (Wildman–Crippen MR) is 102 cm³/mol. The van der Waals surface area contributed by atoms with Crippen molar-refractivity contribution in [3.63, 3.8) is 0 Å². The van der Waals surface area contributed by atoms with Crippen molar-refractivity contribution in [2.45, 2.75) is 88.5 Å². The van der Waals surface area contributed by atoms with Gasteiger partial charge in [0, 0.05) is 11.4 Å². The van der Waals surface area contributed by atoms with Crippen LogP contribution >= 0.6 is 11.8 Å². The monoisotopic (exact) mass is 359 g/mol. The Morgan fingerprint density at radius 1 is 1.22 bits per heavy atom. The first-order chi connectivity index (χ1) is 10.9. The molecule has 0 aromatic heterocycles. The van der Waals surface area contributed by atoms with Crippen molar-refractivity contribution in [3.8, 4) is 0 Å². The number of nitrogens with one attached hydrogen (secondary N) is 1. The van der Waals surface area contributed by atoms with Crippen LogP contribution in [0.15, 0.2) is 12.2 Å². The summed E-state index contributed by atoms with van der Waals surface area (Å²) in [6, 6.07) is 0.120. The molecule has 2 heterocycles. The number of hydrogen-bond acceptors (Lipinski definition) is 4. The van der Waals surface area contributed by atoms with E-state index in [0.29, 0.717) is 11.4 Å². The summed E-state index contributed by atoms with van der Waals surface area (Å²) in [6.45, 7) is 8.28. The number of fused-ring (bicyclic) bond motifs is 2. The van der Waals surface area contributed by atoms with E-state index in [0.717, 1.165) is 19.3 Å². The van der Waals surface area contributed by atoms with Gasteiger partial charge in [0.1, 0.15) is 10.2 Å². The fraction of sp³-hybridized carbons (Fsp3) is 0.889. The summed E-state index contributed by atoms with van der Waals surface area (Å²) >= 11 is 0.902. The van der Waals surface area contributed by atoms with Crippen molar-refractivity contribution >= 4 is 23.1 Å². The van der Waals surface area contributed by atoms with Gasteiger partial charge in [-0.05, 0) is 71.0 Å². The van der Waals surface area contributed by atoms with Gasteiger partial charge in [-0.1, -0.05) is 19.1 Å². The van der Waals surface area contributed by atoms with Gasteiger partial charge < -0.3 is 9.29 Å². The average molecular weight is 360 g/mol. The molecule has 0 saturated carbocycles. The zero-order chi connectivity index (χ0) is 16.9. The number of rotatable bonds is 2. The minimum atomic E-state index is -1.07. The third-order valence-electron chi connectivity index (χ3n) is 4.53. The SMILES string of the molecule is CC1/C=C\CCCCS[C@@H]2CCC[C@@H](O2)[C@@H]1N[S+]([O-])C(C)(C)C. The van der Waals surface area contributed by atoms with E-state index in [2.05, 4.69) is 23.8 Å². The van der Waals surface area contributed by atoms with Gasteiger partial charge in [-0.3, -0.25) is 0 Å². The molecule has 2 bridgehead atoms. The standard InChI is InChI=1S/C18H33NO2S2/c1-14-10-7-5-6-8-13-22-16-12-9-11-15(21-16)17(14)19-23(20)18(2,3)4/h7,10,14-17,19H,5-6,8-9,11-13H2,1-4H3/b10-7-/t14?,15-,16-,17-,23?/m1/s1. The zero-order valence-corrected chi connectivity index (χ0v) is 16.7. The molecule has 2 rings (SSSR count). The van der Waals surface area contributed by atoms with Crippen LogP contribution in [0.3, 0.4) is 0 Å². The second-order valence-electron chi connectivity index (χ2n) is 7.71. The molecular formula is C18H33NO2S2. The van der Waals surface area contributed by atoms with E-state index < -0.39 is 11.4 Å². The van der Waals surface area contributed by atoms with Crippen molar-refractivity contribution in [2.75, 3.05) is 5.75 Å². The first-order valence-corrected chi connectivity index (χ1v) is 11.2. The third kappa shape index (κ3) is 6.28. The molecule has 1 fully saturated rings. The van der Waals surface area contributed by atoms with Crippen LogP contribution in [0.1, 0.15) is 66.2 Å². The first kappa shape index (κ1) is 19.6. The molecule has 23 heavy (non-hydrogen) atoms. The lowest BCUT2D eigenvalue weighted by Gasteiger charge is -2.38. The van der Waals surface area contributed by atoms with Gasteiger partial charge in [-0.2, -0.15) is 0 Å². The van der Waals surface area contributed by atoms with E-state index >= 15 is 0 Å². The van der Waals surface area contributed by atoms with Crippen LogP contribution in [0.2, 0.25) is 0 Å². The van der Waals surface area contributed by atoms with Crippen molar-refractivity contribution in [2.24, 2.45) is 5.92 Å². The molecule has 2 aliphatic heterocycles. The molecule has 1 N–H and O–H groups in total. The van der Waals surface area contributed by atoms with Gasteiger partial charge in [-0.25, -0.2) is 0 Å². The second kappa shape index (κ2) is 9.14.